The molecule has 1 amide bonds. The summed E-state index contributed by atoms with van der Waals surface area (Å²) in [5.41, 5.74) is 1.09. The first-order chi connectivity index (χ1) is 8.72. The van der Waals surface area contributed by atoms with Gasteiger partial charge in [-0.1, -0.05) is 52.4 Å². The van der Waals surface area contributed by atoms with Crippen molar-refractivity contribution < 1.29 is 9.53 Å². The standard InChI is InChI=1S/C14H14BrNO2/c1-18-14(17)16-10-4-6-12(16)9-8-11-5-2-3-7-13(11)15/h2-5,7-10,12H,6H2,1H3/b9-8-. The van der Waals surface area contributed by atoms with Crippen LogP contribution in [0.1, 0.15) is 12.0 Å². The number of methoxy groups -OCH3 is 1. The van der Waals surface area contributed by atoms with Gasteiger partial charge in [0.15, 0.2) is 0 Å². The minimum Gasteiger partial charge on any atom is -0.452 e. The Morgan fingerprint density at radius 2 is 2.28 bits per heavy atom. The van der Waals surface area contributed by atoms with Gasteiger partial charge in [0.1, 0.15) is 0 Å². The Balaban J connectivity index is 2.10. The quantitative estimate of drug-likeness (QED) is 0.831. The number of benzene rings is 1. The molecule has 0 spiro atoms. The van der Waals surface area contributed by atoms with Crippen LogP contribution in [0.4, 0.5) is 4.79 Å². The summed E-state index contributed by atoms with van der Waals surface area (Å²) in [6.07, 6.45) is 8.24. The Kier molecular flexibility index (Phi) is 4.20. The first-order valence-corrected chi connectivity index (χ1v) is 6.47. The molecule has 1 heterocycles. The van der Waals surface area contributed by atoms with Crippen LogP contribution in [0.25, 0.3) is 6.08 Å². The van der Waals surface area contributed by atoms with E-state index in [-0.39, 0.29) is 12.1 Å². The van der Waals surface area contributed by atoms with E-state index in [0.717, 1.165) is 16.5 Å². The fraction of sp³-hybridized carbons (Fsp3) is 0.214. The first-order valence-electron chi connectivity index (χ1n) is 5.68. The topological polar surface area (TPSA) is 29.5 Å². The number of carbonyl (C=O) groups is 1. The fourth-order valence-electron chi connectivity index (χ4n) is 1.84. The molecule has 2 rings (SSSR count). The third-order valence-corrected chi connectivity index (χ3v) is 3.51. The molecule has 0 N–H and O–H groups in total. The lowest BCUT2D eigenvalue weighted by atomic mass is 10.1. The summed E-state index contributed by atoms with van der Waals surface area (Å²) in [7, 11) is 1.39. The van der Waals surface area contributed by atoms with Crippen molar-refractivity contribution in [3.05, 3.63) is 52.7 Å². The molecule has 4 heteroatoms. The third-order valence-electron chi connectivity index (χ3n) is 2.79. The van der Waals surface area contributed by atoms with E-state index in [4.69, 9.17) is 4.74 Å². The summed E-state index contributed by atoms with van der Waals surface area (Å²) in [6, 6.07) is 8.00. The molecule has 0 bridgehead atoms. The molecular weight excluding hydrogens is 294 g/mol. The smallest absolute Gasteiger partial charge is 0.414 e. The van der Waals surface area contributed by atoms with Gasteiger partial charge in [-0.05, 0) is 18.1 Å². The third kappa shape index (κ3) is 2.82. The highest BCUT2D eigenvalue weighted by Gasteiger charge is 2.23. The van der Waals surface area contributed by atoms with Crippen LogP contribution in [0.5, 0.6) is 0 Å². The van der Waals surface area contributed by atoms with Gasteiger partial charge < -0.3 is 4.74 Å². The number of nitrogens with zero attached hydrogens (tertiary/aromatic N) is 1. The van der Waals surface area contributed by atoms with E-state index in [1.54, 1.807) is 11.1 Å². The Bertz CT molecular complexity index is 496. The molecule has 1 unspecified atom stereocenters. The van der Waals surface area contributed by atoms with Crippen LogP contribution in [0, 0.1) is 0 Å². The van der Waals surface area contributed by atoms with E-state index in [1.165, 1.54) is 7.11 Å². The van der Waals surface area contributed by atoms with Crippen LogP contribution in [0.15, 0.2) is 47.1 Å². The predicted molar refractivity (Wildman–Crippen MR) is 75.0 cm³/mol. The maximum absolute atomic E-state index is 11.5. The van der Waals surface area contributed by atoms with Crippen LogP contribution >= 0.6 is 15.9 Å². The van der Waals surface area contributed by atoms with Crippen molar-refractivity contribution in [3.8, 4) is 0 Å². The highest BCUT2D eigenvalue weighted by Crippen LogP contribution is 2.21. The van der Waals surface area contributed by atoms with Crippen molar-refractivity contribution in [2.75, 3.05) is 7.11 Å². The van der Waals surface area contributed by atoms with Crippen molar-refractivity contribution in [2.24, 2.45) is 0 Å². The lowest BCUT2D eigenvalue weighted by Crippen LogP contribution is -2.31. The average molecular weight is 308 g/mol. The van der Waals surface area contributed by atoms with Gasteiger partial charge in [0.2, 0.25) is 0 Å². The Labute approximate surface area is 115 Å². The van der Waals surface area contributed by atoms with E-state index in [1.807, 2.05) is 42.5 Å². The van der Waals surface area contributed by atoms with Gasteiger partial charge in [0, 0.05) is 10.7 Å². The second-order valence-corrected chi connectivity index (χ2v) is 4.80. The summed E-state index contributed by atoms with van der Waals surface area (Å²) in [5, 5.41) is 0. The van der Waals surface area contributed by atoms with Crippen LogP contribution in [-0.2, 0) is 4.74 Å². The second-order valence-electron chi connectivity index (χ2n) is 3.95. The molecule has 1 aromatic carbocycles. The van der Waals surface area contributed by atoms with E-state index in [2.05, 4.69) is 15.9 Å². The Hall–Kier alpha value is -1.55. The maximum atomic E-state index is 11.5. The summed E-state index contributed by atoms with van der Waals surface area (Å²) < 4.78 is 5.77. The van der Waals surface area contributed by atoms with Gasteiger partial charge >= 0.3 is 6.09 Å². The molecule has 0 saturated carbocycles. The SMILES string of the molecule is COC(=O)N1C=CCC1/C=C\c1ccccc1Br. The van der Waals surface area contributed by atoms with Gasteiger partial charge in [0.05, 0.1) is 13.2 Å². The van der Waals surface area contributed by atoms with Crippen molar-refractivity contribution in [3.63, 3.8) is 0 Å². The summed E-state index contributed by atoms with van der Waals surface area (Å²) >= 11 is 3.49. The monoisotopic (exact) mass is 307 g/mol. The number of halogens is 1. The van der Waals surface area contributed by atoms with Crippen LogP contribution in [-0.4, -0.2) is 24.1 Å². The van der Waals surface area contributed by atoms with Gasteiger partial charge in [-0.15, -0.1) is 0 Å². The van der Waals surface area contributed by atoms with E-state index < -0.39 is 0 Å². The summed E-state index contributed by atoms with van der Waals surface area (Å²) in [4.78, 5) is 13.1. The normalized spacial score (nSPS) is 18.6. The van der Waals surface area contributed by atoms with Crippen molar-refractivity contribution >= 4 is 28.1 Å². The van der Waals surface area contributed by atoms with Crippen LogP contribution in [0.2, 0.25) is 0 Å². The molecule has 1 aliphatic rings. The maximum Gasteiger partial charge on any atom is 0.414 e. The van der Waals surface area contributed by atoms with Crippen LogP contribution < -0.4 is 0 Å². The molecule has 94 valence electrons. The summed E-state index contributed by atoms with van der Waals surface area (Å²) in [6.45, 7) is 0. The molecule has 1 aromatic rings. The molecule has 0 aromatic heterocycles. The van der Waals surface area contributed by atoms with Crippen molar-refractivity contribution in [1.82, 2.24) is 4.90 Å². The first kappa shape index (κ1) is 12.9. The number of rotatable bonds is 2. The van der Waals surface area contributed by atoms with Gasteiger partial charge in [-0.3, -0.25) is 4.90 Å². The Morgan fingerprint density at radius 1 is 1.50 bits per heavy atom. The molecule has 0 saturated heterocycles. The molecule has 0 fully saturated rings. The average Bonchev–Trinajstić information content (AvgIpc) is 2.85. The highest BCUT2D eigenvalue weighted by atomic mass is 79.9. The van der Waals surface area contributed by atoms with Crippen molar-refractivity contribution in [1.29, 1.82) is 0 Å². The zero-order valence-electron chi connectivity index (χ0n) is 10.0. The van der Waals surface area contributed by atoms with Gasteiger partial charge in [-0.2, -0.15) is 0 Å². The lowest BCUT2D eigenvalue weighted by molar-refractivity contribution is 0.136. The molecule has 0 radical (unpaired) electrons. The van der Waals surface area contributed by atoms with Gasteiger partial charge in [0.25, 0.3) is 0 Å². The molecule has 0 aliphatic carbocycles. The molecule has 1 aliphatic heterocycles. The predicted octanol–water partition coefficient (Wildman–Crippen LogP) is 3.82. The molecular formula is C14H14BrNO2. The number of carbonyl (C=O) groups excluding carboxylic acids is 1. The lowest BCUT2D eigenvalue weighted by Gasteiger charge is -2.19. The van der Waals surface area contributed by atoms with E-state index in [9.17, 15) is 4.79 Å². The molecule has 1 atom stereocenters. The number of amides is 1. The molecule has 3 nitrogen and oxygen atoms in total. The van der Waals surface area contributed by atoms with Crippen molar-refractivity contribution in [2.45, 2.75) is 12.5 Å². The van der Waals surface area contributed by atoms with Gasteiger partial charge in [-0.25, -0.2) is 4.79 Å². The highest BCUT2D eigenvalue weighted by molar-refractivity contribution is 9.10. The zero-order valence-corrected chi connectivity index (χ0v) is 11.6. The second kappa shape index (κ2) is 5.87. The van der Waals surface area contributed by atoms with Crippen LogP contribution in [0.3, 0.4) is 0 Å². The number of hydrogen-bond donors (Lipinski definition) is 0. The zero-order chi connectivity index (χ0) is 13.0. The number of hydrogen-bond acceptors (Lipinski definition) is 2. The minimum absolute atomic E-state index is 0.0320. The largest absolute Gasteiger partial charge is 0.452 e. The van der Waals surface area contributed by atoms with E-state index in [0.29, 0.717) is 0 Å². The number of ether oxygens (including phenoxy) is 1. The fourth-order valence-corrected chi connectivity index (χ4v) is 2.25. The molecule has 18 heavy (non-hydrogen) atoms. The minimum atomic E-state index is -0.328. The Morgan fingerprint density at radius 3 is 3.00 bits per heavy atom. The summed E-state index contributed by atoms with van der Waals surface area (Å²) in [5.74, 6) is 0. The van der Waals surface area contributed by atoms with E-state index >= 15 is 0 Å².